The average Bonchev–Trinajstić information content (AvgIpc) is 3.23. The molecule has 0 amide bonds. The van der Waals surface area contributed by atoms with Crippen LogP contribution < -0.4 is 11.1 Å². The van der Waals surface area contributed by atoms with E-state index in [0.717, 1.165) is 16.7 Å². The van der Waals surface area contributed by atoms with Crippen LogP contribution in [0.25, 0.3) is 34.3 Å². The van der Waals surface area contributed by atoms with Crippen molar-refractivity contribution in [2.75, 3.05) is 12.3 Å². The topological polar surface area (TPSA) is 123 Å². The Kier molecular flexibility index (Phi) is 6.17. The Morgan fingerprint density at radius 2 is 1.82 bits per heavy atom. The monoisotopic (exact) mass is 448 g/mol. The quantitative estimate of drug-likeness (QED) is 0.391. The van der Waals surface area contributed by atoms with Crippen LogP contribution >= 0.6 is 0 Å². The molecule has 8 nitrogen and oxygen atoms in total. The Labute approximate surface area is 190 Å². The highest BCUT2D eigenvalue weighted by molar-refractivity contribution is 5.69. The van der Waals surface area contributed by atoms with Crippen molar-refractivity contribution in [1.29, 1.82) is 0 Å². The number of hydrogen-bond donors (Lipinski definition) is 3. The zero-order chi connectivity index (χ0) is 23.6. The van der Waals surface area contributed by atoms with Gasteiger partial charge in [0.05, 0.1) is 23.1 Å². The molecule has 0 bridgehead atoms. The van der Waals surface area contributed by atoms with E-state index in [4.69, 9.17) is 10.2 Å². The largest absolute Gasteiger partial charge is 0.414 e. The Morgan fingerprint density at radius 3 is 2.52 bits per heavy atom. The van der Waals surface area contributed by atoms with Crippen molar-refractivity contribution in [1.82, 2.24) is 25.5 Å². The number of aromatic nitrogens is 4. The standard InChI is InChI=1S/C24H25FN6O2/c1-14-4-7-16(8-5-14)19-12-28-21(26)20(29-19)23-31-30-22(33-23)17-9-6-15(10-18(17)25)11-27-13-24(2,3)32/h4-10,12,27,32H,11,13H2,1-3H3,(H2,26,28). The molecule has 0 atom stereocenters. The molecule has 0 saturated heterocycles. The number of benzene rings is 2. The van der Waals surface area contributed by atoms with Gasteiger partial charge in [0.25, 0.3) is 11.8 Å². The van der Waals surface area contributed by atoms with Gasteiger partial charge in [0.15, 0.2) is 11.5 Å². The van der Waals surface area contributed by atoms with Crippen molar-refractivity contribution in [3.63, 3.8) is 0 Å². The van der Waals surface area contributed by atoms with Gasteiger partial charge in [-0.3, -0.25) is 0 Å². The highest BCUT2D eigenvalue weighted by Gasteiger charge is 2.19. The van der Waals surface area contributed by atoms with Crippen molar-refractivity contribution in [2.45, 2.75) is 32.9 Å². The summed E-state index contributed by atoms with van der Waals surface area (Å²) in [5.74, 6) is -0.297. The molecular formula is C24H25FN6O2. The van der Waals surface area contributed by atoms with Crippen molar-refractivity contribution in [3.8, 4) is 34.3 Å². The predicted molar refractivity (Wildman–Crippen MR) is 123 cm³/mol. The normalized spacial score (nSPS) is 11.7. The molecule has 2 aromatic heterocycles. The number of aryl methyl sites for hydroxylation is 1. The van der Waals surface area contributed by atoms with E-state index < -0.39 is 11.4 Å². The molecule has 4 aromatic rings. The van der Waals surface area contributed by atoms with E-state index in [0.29, 0.717) is 18.8 Å². The van der Waals surface area contributed by atoms with E-state index in [9.17, 15) is 9.50 Å². The summed E-state index contributed by atoms with van der Waals surface area (Å²) in [5.41, 5.74) is 8.88. The van der Waals surface area contributed by atoms with Gasteiger partial charge in [-0.2, -0.15) is 0 Å². The summed E-state index contributed by atoms with van der Waals surface area (Å²) < 4.78 is 20.4. The van der Waals surface area contributed by atoms with Crippen LogP contribution in [-0.4, -0.2) is 37.4 Å². The number of hydrogen-bond acceptors (Lipinski definition) is 8. The third kappa shape index (κ3) is 5.39. The predicted octanol–water partition coefficient (Wildman–Crippen LogP) is 3.75. The summed E-state index contributed by atoms with van der Waals surface area (Å²) in [6, 6.07) is 12.5. The second-order valence-electron chi connectivity index (χ2n) is 8.50. The fourth-order valence-corrected chi connectivity index (χ4v) is 3.20. The van der Waals surface area contributed by atoms with Crippen LogP contribution in [-0.2, 0) is 6.54 Å². The first-order valence-electron chi connectivity index (χ1n) is 10.4. The lowest BCUT2D eigenvalue weighted by molar-refractivity contribution is 0.0795. The highest BCUT2D eigenvalue weighted by Crippen LogP contribution is 2.29. The highest BCUT2D eigenvalue weighted by atomic mass is 19.1. The van der Waals surface area contributed by atoms with Gasteiger partial charge in [0, 0.05) is 18.7 Å². The molecule has 9 heteroatoms. The molecule has 0 fully saturated rings. The molecule has 2 heterocycles. The second kappa shape index (κ2) is 9.05. The van der Waals surface area contributed by atoms with E-state index in [1.54, 1.807) is 32.2 Å². The van der Waals surface area contributed by atoms with Gasteiger partial charge in [-0.05, 0) is 38.5 Å². The smallest absolute Gasteiger partial charge is 0.270 e. The Bertz CT molecular complexity index is 1260. The summed E-state index contributed by atoms with van der Waals surface area (Å²) in [6.07, 6.45) is 1.57. The van der Waals surface area contributed by atoms with Gasteiger partial charge in [0.2, 0.25) is 0 Å². The van der Waals surface area contributed by atoms with Crippen molar-refractivity contribution in [3.05, 3.63) is 65.6 Å². The minimum atomic E-state index is -0.847. The SMILES string of the molecule is Cc1ccc(-c2cnc(N)c(-c3nnc(-c4ccc(CNCC(C)(C)O)cc4F)o3)n2)cc1. The van der Waals surface area contributed by atoms with E-state index in [2.05, 4.69) is 25.5 Å². The van der Waals surface area contributed by atoms with E-state index in [1.165, 1.54) is 6.07 Å². The summed E-state index contributed by atoms with van der Waals surface area (Å²) in [7, 11) is 0. The molecule has 0 aliphatic rings. The van der Waals surface area contributed by atoms with Crippen LogP contribution in [0, 0.1) is 12.7 Å². The number of nitrogens with one attached hydrogen (secondary N) is 1. The van der Waals surface area contributed by atoms with Gasteiger partial charge in [0.1, 0.15) is 5.82 Å². The first kappa shape index (κ1) is 22.5. The number of nitrogens with zero attached hydrogens (tertiary/aromatic N) is 4. The summed E-state index contributed by atoms with van der Waals surface area (Å²) >= 11 is 0. The molecule has 0 saturated carbocycles. The number of nitrogen functional groups attached to an aromatic ring is 1. The Morgan fingerprint density at radius 1 is 1.09 bits per heavy atom. The van der Waals surface area contributed by atoms with Crippen LogP contribution in [0.5, 0.6) is 0 Å². The van der Waals surface area contributed by atoms with E-state index >= 15 is 0 Å². The summed E-state index contributed by atoms with van der Waals surface area (Å²) in [5, 5.41) is 20.8. The molecule has 0 aliphatic carbocycles. The van der Waals surface area contributed by atoms with Crippen LogP contribution in [0.2, 0.25) is 0 Å². The van der Waals surface area contributed by atoms with Crippen LogP contribution in [0.4, 0.5) is 10.2 Å². The number of rotatable bonds is 7. The maximum absolute atomic E-state index is 14.7. The van der Waals surface area contributed by atoms with Gasteiger partial charge < -0.3 is 20.6 Å². The minimum Gasteiger partial charge on any atom is -0.414 e. The lowest BCUT2D eigenvalue weighted by Crippen LogP contribution is -2.34. The maximum Gasteiger partial charge on any atom is 0.270 e. The number of halogens is 1. The molecule has 170 valence electrons. The molecule has 2 aromatic carbocycles. The van der Waals surface area contributed by atoms with E-state index in [-0.39, 0.29) is 28.9 Å². The lowest BCUT2D eigenvalue weighted by Gasteiger charge is -2.17. The molecule has 33 heavy (non-hydrogen) atoms. The summed E-state index contributed by atoms with van der Waals surface area (Å²) in [6.45, 7) is 6.19. The number of anilines is 1. The molecule has 4 rings (SSSR count). The fraction of sp³-hybridized carbons (Fsp3) is 0.250. The zero-order valence-electron chi connectivity index (χ0n) is 18.6. The fourth-order valence-electron chi connectivity index (χ4n) is 3.20. The lowest BCUT2D eigenvalue weighted by atomic mass is 10.1. The molecule has 0 aliphatic heterocycles. The van der Waals surface area contributed by atoms with Crippen LogP contribution in [0.15, 0.2) is 53.1 Å². The second-order valence-corrected chi connectivity index (χ2v) is 8.50. The van der Waals surface area contributed by atoms with Crippen LogP contribution in [0.1, 0.15) is 25.0 Å². The van der Waals surface area contributed by atoms with E-state index in [1.807, 2.05) is 31.2 Å². The molecular weight excluding hydrogens is 423 g/mol. The number of aliphatic hydroxyl groups is 1. The average molecular weight is 449 g/mol. The van der Waals surface area contributed by atoms with Gasteiger partial charge in [-0.25, -0.2) is 14.4 Å². The van der Waals surface area contributed by atoms with Gasteiger partial charge in [-0.1, -0.05) is 35.9 Å². The van der Waals surface area contributed by atoms with Crippen molar-refractivity contribution >= 4 is 5.82 Å². The third-order valence-corrected chi connectivity index (χ3v) is 4.93. The van der Waals surface area contributed by atoms with Gasteiger partial charge in [-0.15, -0.1) is 10.2 Å². The number of nitrogens with two attached hydrogens (primary N) is 1. The zero-order valence-corrected chi connectivity index (χ0v) is 18.6. The molecule has 0 radical (unpaired) electrons. The maximum atomic E-state index is 14.7. The Balaban J connectivity index is 1.57. The molecule has 0 unspecified atom stereocenters. The minimum absolute atomic E-state index is 0.0143. The van der Waals surface area contributed by atoms with Crippen LogP contribution in [0.3, 0.4) is 0 Å². The summed E-state index contributed by atoms with van der Waals surface area (Å²) in [4.78, 5) is 8.73. The Hall–Kier alpha value is -3.69. The van der Waals surface area contributed by atoms with Crippen molar-refractivity contribution in [2.24, 2.45) is 0 Å². The third-order valence-electron chi connectivity index (χ3n) is 4.93. The molecule has 4 N–H and O–H groups in total. The first-order chi connectivity index (χ1) is 15.7. The van der Waals surface area contributed by atoms with Gasteiger partial charge >= 0.3 is 0 Å². The van der Waals surface area contributed by atoms with Crippen molar-refractivity contribution < 1.29 is 13.9 Å². The molecule has 0 spiro atoms. The first-order valence-corrected chi connectivity index (χ1v) is 10.4.